The molecule has 2 fully saturated rings. The molecule has 8 nitrogen and oxygen atoms in total. The van der Waals surface area contributed by atoms with Gasteiger partial charge in [0.25, 0.3) is 5.56 Å². The van der Waals surface area contributed by atoms with Gasteiger partial charge in [-0.25, -0.2) is 9.78 Å². The van der Waals surface area contributed by atoms with Gasteiger partial charge < -0.3 is 14.8 Å². The highest BCUT2D eigenvalue weighted by atomic mass is 32.2. The van der Waals surface area contributed by atoms with E-state index in [2.05, 4.69) is 17.2 Å². The summed E-state index contributed by atoms with van der Waals surface area (Å²) in [6, 6.07) is 4.87. The Morgan fingerprint density at radius 1 is 1.26 bits per heavy atom. The number of nitrogens with one attached hydrogen (secondary N) is 1. The summed E-state index contributed by atoms with van der Waals surface area (Å²) in [5.41, 5.74) is 0.539. The van der Waals surface area contributed by atoms with Gasteiger partial charge in [0.2, 0.25) is 5.91 Å². The summed E-state index contributed by atoms with van der Waals surface area (Å²) >= 11 is 1.24. The molecule has 2 bridgehead atoms. The van der Waals surface area contributed by atoms with Gasteiger partial charge in [0.15, 0.2) is 5.16 Å². The molecule has 2 aliphatic carbocycles. The van der Waals surface area contributed by atoms with E-state index < -0.39 is 5.97 Å². The Morgan fingerprint density at radius 3 is 2.76 bits per heavy atom. The Hall–Kier alpha value is -2.39. The first-order valence-corrected chi connectivity index (χ1v) is 12.9. The lowest BCUT2D eigenvalue weighted by atomic mass is 9.84. The maximum absolute atomic E-state index is 13.2. The fourth-order valence-corrected chi connectivity index (χ4v) is 6.40. The third-order valence-electron chi connectivity index (χ3n) is 7.23. The molecule has 9 heteroatoms. The van der Waals surface area contributed by atoms with E-state index in [1.165, 1.54) is 44.6 Å². The van der Waals surface area contributed by atoms with Crippen molar-refractivity contribution < 1.29 is 19.1 Å². The minimum Gasteiger partial charge on any atom is -0.465 e. The topological polar surface area (TPSA) is 99.5 Å². The second-order valence-corrected chi connectivity index (χ2v) is 10.3. The Morgan fingerprint density at radius 2 is 2.09 bits per heavy atom. The largest absolute Gasteiger partial charge is 0.465 e. The van der Waals surface area contributed by atoms with Crippen molar-refractivity contribution in [3.8, 4) is 0 Å². The highest BCUT2D eigenvalue weighted by Crippen LogP contribution is 2.49. The number of esters is 1. The SMILES string of the molecule is COCCCn1c(SCC(=O)N[C@@H](C)[C@@H]2C[C@@H]3CC[C@@H]2C3)nc2cc(C(=O)OC)ccc2c1=O. The van der Waals surface area contributed by atoms with Crippen molar-refractivity contribution >= 4 is 34.5 Å². The van der Waals surface area contributed by atoms with Crippen molar-refractivity contribution in [1.82, 2.24) is 14.9 Å². The molecule has 1 aromatic heterocycles. The molecule has 1 N–H and O–H groups in total. The Balaban J connectivity index is 1.51. The Labute approximate surface area is 203 Å². The molecule has 1 amide bonds. The molecular weight excluding hydrogens is 454 g/mol. The first-order valence-electron chi connectivity index (χ1n) is 11.9. The first kappa shape index (κ1) is 24.7. The molecule has 34 heavy (non-hydrogen) atoms. The molecule has 2 saturated carbocycles. The van der Waals surface area contributed by atoms with Gasteiger partial charge in [-0.2, -0.15) is 0 Å². The number of hydrogen-bond donors (Lipinski definition) is 1. The predicted octanol–water partition coefficient (Wildman–Crippen LogP) is 3.25. The van der Waals surface area contributed by atoms with E-state index in [1.54, 1.807) is 29.9 Å². The second-order valence-electron chi connectivity index (χ2n) is 9.40. The third kappa shape index (κ3) is 5.30. The number of ether oxygens (including phenoxy) is 2. The van der Waals surface area contributed by atoms with E-state index in [0.29, 0.717) is 47.1 Å². The number of aromatic nitrogens is 2. The molecular formula is C25H33N3O5S. The number of nitrogens with zero attached hydrogens (tertiary/aromatic N) is 2. The molecule has 1 aromatic carbocycles. The van der Waals surface area contributed by atoms with Crippen molar-refractivity contribution in [2.24, 2.45) is 17.8 Å². The van der Waals surface area contributed by atoms with Crippen molar-refractivity contribution in [2.75, 3.05) is 26.6 Å². The van der Waals surface area contributed by atoms with Gasteiger partial charge in [0.1, 0.15) is 0 Å². The number of rotatable bonds is 10. The van der Waals surface area contributed by atoms with E-state index in [9.17, 15) is 14.4 Å². The van der Waals surface area contributed by atoms with Crippen LogP contribution in [-0.4, -0.2) is 54.0 Å². The van der Waals surface area contributed by atoms with Gasteiger partial charge in [-0.3, -0.25) is 14.2 Å². The number of fused-ring (bicyclic) bond motifs is 3. The highest BCUT2D eigenvalue weighted by Gasteiger charge is 2.42. The lowest BCUT2D eigenvalue weighted by Gasteiger charge is -2.28. The Kier molecular flexibility index (Phi) is 7.93. The molecule has 0 radical (unpaired) electrons. The van der Waals surface area contributed by atoms with Crippen LogP contribution < -0.4 is 10.9 Å². The number of amides is 1. The molecule has 0 unspecified atom stereocenters. The maximum Gasteiger partial charge on any atom is 0.337 e. The minimum absolute atomic E-state index is 0.0543. The summed E-state index contributed by atoms with van der Waals surface area (Å²) in [6.45, 7) is 3.05. The molecule has 2 aromatic rings. The molecule has 2 aliphatic rings. The summed E-state index contributed by atoms with van der Waals surface area (Å²) < 4.78 is 11.5. The van der Waals surface area contributed by atoms with Crippen LogP contribution in [0.2, 0.25) is 0 Å². The van der Waals surface area contributed by atoms with Crippen LogP contribution in [0.25, 0.3) is 10.9 Å². The smallest absolute Gasteiger partial charge is 0.337 e. The highest BCUT2D eigenvalue weighted by molar-refractivity contribution is 7.99. The predicted molar refractivity (Wildman–Crippen MR) is 131 cm³/mol. The normalized spacial score (nSPS) is 22.1. The quantitative estimate of drug-likeness (QED) is 0.238. The molecule has 0 spiro atoms. The third-order valence-corrected chi connectivity index (χ3v) is 8.20. The molecule has 4 rings (SSSR count). The standard InChI is InChI=1S/C25H33N3O5S/c1-15(20-12-16-5-6-17(20)11-16)26-22(29)14-34-25-27-21-13-18(24(31)33-3)7-8-19(21)23(30)28(25)9-4-10-32-2/h7-8,13,15-17,20H,4-6,9-12,14H2,1-3H3,(H,26,29)/t15-,16+,17+,20-/m0/s1. The number of carbonyl (C=O) groups excluding carboxylic acids is 2. The van der Waals surface area contributed by atoms with Crippen LogP contribution in [0.1, 0.15) is 49.4 Å². The van der Waals surface area contributed by atoms with E-state index in [4.69, 9.17) is 9.47 Å². The first-order chi connectivity index (χ1) is 16.4. The molecule has 0 saturated heterocycles. The summed E-state index contributed by atoms with van der Waals surface area (Å²) in [4.78, 5) is 42.6. The van der Waals surface area contributed by atoms with Gasteiger partial charge in [-0.05, 0) is 68.6 Å². The number of benzene rings is 1. The molecule has 4 atom stereocenters. The molecule has 1 heterocycles. The number of hydrogen-bond acceptors (Lipinski definition) is 7. The van der Waals surface area contributed by atoms with Crippen LogP contribution in [0.15, 0.2) is 28.2 Å². The van der Waals surface area contributed by atoms with E-state index in [-0.39, 0.29) is 23.3 Å². The average molecular weight is 488 g/mol. The van der Waals surface area contributed by atoms with Crippen molar-refractivity contribution in [2.45, 2.75) is 56.8 Å². The number of carbonyl (C=O) groups is 2. The van der Waals surface area contributed by atoms with Crippen LogP contribution >= 0.6 is 11.8 Å². The van der Waals surface area contributed by atoms with E-state index >= 15 is 0 Å². The summed E-state index contributed by atoms with van der Waals surface area (Å²) in [5.74, 6) is 1.77. The summed E-state index contributed by atoms with van der Waals surface area (Å²) in [6.07, 6.45) is 5.79. The fraction of sp³-hybridized carbons (Fsp3) is 0.600. The van der Waals surface area contributed by atoms with Crippen molar-refractivity contribution in [3.05, 3.63) is 34.1 Å². The van der Waals surface area contributed by atoms with Crippen LogP contribution in [0.4, 0.5) is 0 Å². The molecule has 184 valence electrons. The maximum atomic E-state index is 13.2. The lowest BCUT2D eigenvalue weighted by Crippen LogP contribution is -2.41. The zero-order valence-electron chi connectivity index (χ0n) is 20.0. The summed E-state index contributed by atoms with van der Waals surface area (Å²) in [5, 5.41) is 4.05. The van der Waals surface area contributed by atoms with Crippen LogP contribution in [0, 0.1) is 17.8 Å². The number of methoxy groups -OCH3 is 2. The minimum atomic E-state index is -0.490. The van der Waals surface area contributed by atoms with Gasteiger partial charge >= 0.3 is 5.97 Å². The monoisotopic (exact) mass is 487 g/mol. The van der Waals surface area contributed by atoms with Gasteiger partial charge in [0, 0.05) is 26.3 Å². The van der Waals surface area contributed by atoms with Crippen molar-refractivity contribution in [1.29, 1.82) is 0 Å². The van der Waals surface area contributed by atoms with E-state index in [1.807, 2.05) is 0 Å². The van der Waals surface area contributed by atoms with Crippen molar-refractivity contribution in [3.63, 3.8) is 0 Å². The Bertz CT molecular complexity index is 1120. The van der Waals surface area contributed by atoms with Crippen LogP contribution in [0.5, 0.6) is 0 Å². The molecule has 0 aliphatic heterocycles. The zero-order chi connectivity index (χ0) is 24.2. The van der Waals surface area contributed by atoms with Crippen LogP contribution in [0.3, 0.4) is 0 Å². The van der Waals surface area contributed by atoms with Gasteiger partial charge in [0.05, 0.1) is 29.3 Å². The average Bonchev–Trinajstić information content (AvgIpc) is 3.47. The van der Waals surface area contributed by atoms with E-state index in [0.717, 1.165) is 11.8 Å². The van der Waals surface area contributed by atoms with Crippen LogP contribution in [-0.2, 0) is 20.8 Å². The summed E-state index contributed by atoms with van der Waals surface area (Å²) in [7, 11) is 2.93. The van der Waals surface area contributed by atoms with Gasteiger partial charge in [-0.15, -0.1) is 0 Å². The number of thioether (sulfide) groups is 1. The van der Waals surface area contributed by atoms with Gasteiger partial charge in [-0.1, -0.05) is 18.2 Å². The second kappa shape index (κ2) is 10.9. The lowest BCUT2D eigenvalue weighted by molar-refractivity contribution is -0.119. The zero-order valence-corrected chi connectivity index (χ0v) is 20.9. The fourth-order valence-electron chi connectivity index (χ4n) is 5.56.